The predicted molar refractivity (Wildman–Crippen MR) is 128 cm³/mol. The summed E-state index contributed by atoms with van der Waals surface area (Å²) >= 11 is 5.78. The normalized spacial score (nSPS) is 15.5. The second-order valence-corrected chi connectivity index (χ2v) is 7.69. The molecular weight excluding hydrogens is 442 g/mol. The van der Waals surface area contributed by atoms with Crippen molar-refractivity contribution in [3.63, 3.8) is 0 Å². The lowest BCUT2D eigenvalue weighted by Crippen LogP contribution is -2.25. The molecule has 0 saturated carbocycles. The maximum absolute atomic E-state index is 10.9. The van der Waals surface area contributed by atoms with E-state index in [2.05, 4.69) is 22.4 Å². The number of nitro benzene ring substituents is 1. The highest BCUT2D eigenvalue weighted by Gasteiger charge is 2.28. The summed E-state index contributed by atoms with van der Waals surface area (Å²) in [6, 6.07) is 16.0. The van der Waals surface area contributed by atoms with Crippen LogP contribution in [0.3, 0.4) is 0 Å². The number of hydrogen-bond donors (Lipinski definition) is 2. The molecule has 0 spiro atoms. The van der Waals surface area contributed by atoms with Gasteiger partial charge in [-0.1, -0.05) is 41.9 Å². The van der Waals surface area contributed by atoms with Gasteiger partial charge in [-0.3, -0.25) is 15.5 Å². The molecule has 0 aliphatic heterocycles. The molecule has 2 aromatic rings. The van der Waals surface area contributed by atoms with Crippen molar-refractivity contribution in [2.45, 2.75) is 31.6 Å². The Hall–Kier alpha value is -3.70. The van der Waals surface area contributed by atoms with Gasteiger partial charge in [-0.05, 0) is 37.3 Å². The van der Waals surface area contributed by atoms with Crippen LogP contribution in [0.2, 0.25) is 0 Å². The molecule has 8 nitrogen and oxygen atoms in total. The van der Waals surface area contributed by atoms with Crippen LogP contribution in [0, 0.1) is 26.9 Å². The number of nitrogens with zero attached hydrogens (tertiary/aromatic N) is 3. The fourth-order valence-electron chi connectivity index (χ4n) is 3.81. The molecule has 3 rings (SSSR count). The number of hydrogen-bond acceptors (Lipinski definition) is 6. The van der Waals surface area contributed by atoms with Crippen LogP contribution < -0.4 is 10.1 Å². The average Bonchev–Trinajstić information content (AvgIpc) is 3.25. The molecule has 33 heavy (non-hydrogen) atoms. The SMILES string of the molecule is N#Cc1ccc([N+](=O)[O-])cc1OCCCCNC(=N)C1=C(/N=C/Cl)C(c2ccccc2)CC1. The number of allylic oxidation sites excluding steroid dienone is 1. The van der Waals surface area contributed by atoms with E-state index in [-0.39, 0.29) is 22.9 Å². The maximum atomic E-state index is 10.9. The lowest BCUT2D eigenvalue weighted by molar-refractivity contribution is -0.384. The Balaban J connectivity index is 1.50. The van der Waals surface area contributed by atoms with Gasteiger partial charge in [0.15, 0.2) is 0 Å². The molecule has 0 amide bonds. The number of nitriles is 1. The van der Waals surface area contributed by atoms with Gasteiger partial charge >= 0.3 is 0 Å². The number of ether oxygens (including phenoxy) is 1. The van der Waals surface area contributed by atoms with Crippen molar-refractivity contribution in [1.29, 1.82) is 10.7 Å². The molecule has 2 aromatic carbocycles. The zero-order valence-electron chi connectivity index (χ0n) is 18.0. The molecule has 1 unspecified atom stereocenters. The molecule has 1 aliphatic carbocycles. The molecule has 1 atom stereocenters. The summed E-state index contributed by atoms with van der Waals surface area (Å²) in [7, 11) is 0. The molecule has 9 heteroatoms. The number of rotatable bonds is 10. The highest BCUT2D eigenvalue weighted by Crippen LogP contribution is 2.40. The highest BCUT2D eigenvalue weighted by atomic mass is 35.5. The summed E-state index contributed by atoms with van der Waals surface area (Å²) in [6.07, 6.45) is 3.02. The third kappa shape index (κ3) is 6.18. The van der Waals surface area contributed by atoms with Gasteiger partial charge in [-0.25, -0.2) is 4.99 Å². The number of benzene rings is 2. The van der Waals surface area contributed by atoms with E-state index in [9.17, 15) is 10.1 Å². The van der Waals surface area contributed by atoms with E-state index >= 15 is 0 Å². The Bertz CT molecular complexity index is 1110. The van der Waals surface area contributed by atoms with E-state index in [1.807, 2.05) is 24.3 Å². The van der Waals surface area contributed by atoms with Crippen LogP contribution in [0.1, 0.15) is 42.7 Å². The van der Waals surface area contributed by atoms with E-state index in [4.69, 9.17) is 27.0 Å². The van der Waals surface area contributed by atoms with Gasteiger partial charge in [0.05, 0.1) is 34.5 Å². The monoisotopic (exact) mass is 465 g/mol. The Morgan fingerprint density at radius 1 is 1.33 bits per heavy atom. The van der Waals surface area contributed by atoms with Crippen LogP contribution in [-0.2, 0) is 0 Å². The Morgan fingerprint density at radius 3 is 2.82 bits per heavy atom. The minimum absolute atomic E-state index is 0.117. The smallest absolute Gasteiger partial charge is 0.273 e. The molecule has 0 bridgehead atoms. The highest BCUT2D eigenvalue weighted by molar-refractivity contribution is 6.56. The van der Waals surface area contributed by atoms with Gasteiger partial charge in [-0.15, -0.1) is 0 Å². The number of nitrogens with one attached hydrogen (secondary N) is 2. The van der Waals surface area contributed by atoms with Gasteiger partial charge in [0.2, 0.25) is 0 Å². The third-order valence-electron chi connectivity index (χ3n) is 5.44. The molecule has 0 aromatic heterocycles. The first kappa shape index (κ1) is 24.0. The van der Waals surface area contributed by atoms with Crippen molar-refractivity contribution in [3.05, 3.63) is 81.0 Å². The zero-order valence-corrected chi connectivity index (χ0v) is 18.7. The van der Waals surface area contributed by atoms with Gasteiger partial charge in [0, 0.05) is 24.1 Å². The Morgan fingerprint density at radius 2 is 2.12 bits per heavy atom. The van der Waals surface area contributed by atoms with Crippen molar-refractivity contribution in [2.24, 2.45) is 4.99 Å². The van der Waals surface area contributed by atoms with Gasteiger partial charge in [-0.2, -0.15) is 5.26 Å². The largest absolute Gasteiger partial charge is 0.492 e. The van der Waals surface area contributed by atoms with Crippen molar-refractivity contribution in [3.8, 4) is 11.8 Å². The first-order valence-corrected chi connectivity index (χ1v) is 11.0. The number of halogens is 1. The van der Waals surface area contributed by atoms with Crippen LogP contribution in [0.25, 0.3) is 0 Å². The van der Waals surface area contributed by atoms with Crippen LogP contribution in [0.15, 0.2) is 64.8 Å². The summed E-state index contributed by atoms with van der Waals surface area (Å²) in [5, 5.41) is 31.7. The molecule has 170 valence electrons. The first-order chi connectivity index (χ1) is 16.0. The first-order valence-electron chi connectivity index (χ1n) is 10.6. The fraction of sp³-hybridized carbons (Fsp3) is 0.292. The Kier molecular flexibility index (Phi) is 8.56. The minimum atomic E-state index is -0.522. The van der Waals surface area contributed by atoms with E-state index in [1.165, 1.54) is 23.9 Å². The summed E-state index contributed by atoms with van der Waals surface area (Å²) in [6.45, 7) is 0.880. The lowest BCUT2D eigenvalue weighted by atomic mass is 9.96. The predicted octanol–water partition coefficient (Wildman–Crippen LogP) is 5.29. The average molecular weight is 466 g/mol. The van der Waals surface area contributed by atoms with Crippen LogP contribution in [0.4, 0.5) is 5.69 Å². The third-order valence-corrected chi connectivity index (χ3v) is 5.54. The van der Waals surface area contributed by atoms with Crippen molar-refractivity contribution in [2.75, 3.05) is 13.2 Å². The van der Waals surface area contributed by atoms with Crippen LogP contribution in [-0.4, -0.2) is 29.6 Å². The van der Waals surface area contributed by atoms with E-state index in [0.717, 1.165) is 36.1 Å². The molecule has 0 radical (unpaired) electrons. The molecule has 0 saturated heterocycles. The number of non-ortho nitro benzene ring substituents is 1. The van der Waals surface area contributed by atoms with Crippen molar-refractivity contribution >= 4 is 28.8 Å². The second-order valence-electron chi connectivity index (χ2n) is 7.50. The molecule has 0 fully saturated rings. The summed E-state index contributed by atoms with van der Waals surface area (Å²) < 4.78 is 5.59. The van der Waals surface area contributed by atoms with E-state index in [0.29, 0.717) is 25.4 Å². The standard InChI is InChI=1S/C24H24ClN5O3/c25-16-29-23-20(17-6-2-1-3-7-17)10-11-21(23)24(27)28-12-4-5-13-33-22-14-19(30(31)32)9-8-18(22)15-26/h1-3,6-9,14,16,20H,4-5,10-13H2,(H2,27,28)/b29-16+. The van der Waals surface area contributed by atoms with Gasteiger partial charge in [0.1, 0.15) is 17.7 Å². The van der Waals surface area contributed by atoms with E-state index < -0.39 is 4.92 Å². The summed E-state index contributed by atoms with van der Waals surface area (Å²) in [5.41, 5.74) is 4.25. The molecule has 1 aliphatic rings. The van der Waals surface area contributed by atoms with E-state index in [1.54, 1.807) is 0 Å². The number of amidine groups is 1. The summed E-state index contributed by atoms with van der Waals surface area (Å²) in [5.74, 6) is 0.673. The molecule has 2 N–H and O–H groups in total. The Labute approximate surface area is 197 Å². The quantitative estimate of drug-likeness (QED) is 0.162. The van der Waals surface area contributed by atoms with Crippen molar-refractivity contribution < 1.29 is 9.66 Å². The number of aliphatic imine (C=N–C) groups is 1. The lowest BCUT2D eigenvalue weighted by Gasteiger charge is -2.13. The summed E-state index contributed by atoms with van der Waals surface area (Å²) in [4.78, 5) is 14.8. The van der Waals surface area contributed by atoms with Crippen LogP contribution in [0.5, 0.6) is 5.75 Å². The topological polar surface area (TPSA) is 124 Å². The van der Waals surface area contributed by atoms with Crippen molar-refractivity contribution in [1.82, 2.24) is 5.32 Å². The second kappa shape index (κ2) is 11.8. The van der Waals surface area contributed by atoms with Gasteiger partial charge in [0.25, 0.3) is 5.69 Å². The maximum Gasteiger partial charge on any atom is 0.273 e. The fourth-order valence-corrected chi connectivity index (χ4v) is 3.92. The van der Waals surface area contributed by atoms with Gasteiger partial charge < -0.3 is 10.1 Å². The molecular formula is C24H24ClN5O3. The molecule has 0 heterocycles. The number of unbranched alkanes of at least 4 members (excludes halogenated alkanes) is 1. The number of nitro groups is 1. The zero-order chi connectivity index (χ0) is 23.6. The van der Waals surface area contributed by atoms with Crippen LogP contribution >= 0.6 is 11.6 Å². The minimum Gasteiger partial charge on any atom is -0.492 e.